The SMILES string of the molecule is O=C(Cc1noc2ccccc12)N1CCCCC[C@H]1c1ccncc1. The third-order valence-corrected chi connectivity index (χ3v) is 4.93. The lowest BCUT2D eigenvalue weighted by molar-refractivity contribution is -0.133. The summed E-state index contributed by atoms with van der Waals surface area (Å²) in [5, 5.41) is 5.04. The Morgan fingerprint density at radius 2 is 1.96 bits per heavy atom. The number of amides is 1. The van der Waals surface area contributed by atoms with Crippen LogP contribution in [-0.2, 0) is 11.2 Å². The maximum absolute atomic E-state index is 13.1. The molecule has 4 rings (SSSR count). The molecule has 1 aliphatic rings. The molecule has 1 saturated heterocycles. The summed E-state index contributed by atoms with van der Waals surface area (Å²) in [5.74, 6) is 0.114. The molecule has 3 aromatic rings. The van der Waals surface area contributed by atoms with Crippen molar-refractivity contribution in [2.24, 2.45) is 0 Å². The van der Waals surface area contributed by atoms with Crippen LogP contribution in [0.3, 0.4) is 0 Å². The summed E-state index contributed by atoms with van der Waals surface area (Å²) in [4.78, 5) is 19.2. The summed E-state index contributed by atoms with van der Waals surface area (Å²) in [6.45, 7) is 0.793. The first-order valence-corrected chi connectivity index (χ1v) is 8.85. The van der Waals surface area contributed by atoms with Gasteiger partial charge in [-0.25, -0.2) is 0 Å². The molecule has 1 fully saturated rings. The number of pyridine rings is 1. The third kappa shape index (κ3) is 3.27. The number of carbonyl (C=O) groups excluding carboxylic acids is 1. The Balaban J connectivity index is 1.60. The average Bonchev–Trinajstić information content (AvgIpc) is 2.90. The van der Waals surface area contributed by atoms with E-state index < -0.39 is 0 Å². The minimum Gasteiger partial charge on any atom is -0.356 e. The van der Waals surface area contributed by atoms with Crippen LogP contribution < -0.4 is 0 Å². The van der Waals surface area contributed by atoms with E-state index >= 15 is 0 Å². The van der Waals surface area contributed by atoms with Gasteiger partial charge in [-0.15, -0.1) is 0 Å². The first-order valence-electron chi connectivity index (χ1n) is 8.85. The van der Waals surface area contributed by atoms with Crippen molar-refractivity contribution >= 4 is 16.9 Å². The van der Waals surface area contributed by atoms with Crippen LogP contribution in [0.25, 0.3) is 11.0 Å². The second-order valence-electron chi connectivity index (χ2n) is 6.54. The maximum atomic E-state index is 13.1. The zero-order chi connectivity index (χ0) is 17.1. The monoisotopic (exact) mass is 335 g/mol. The molecule has 0 unspecified atom stereocenters. The summed E-state index contributed by atoms with van der Waals surface area (Å²) < 4.78 is 5.34. The molecule has 0 aliphatic carbocycles. The number of hydrogen-bond acceptors (Lipinski definition) is 4. The van der Waals surface area contributed by atoms with Crippen LogP contribution in [0.5, 0.6) is 0 Å². The van der Waals surface area contributed by atoms with Crippen molar-refractivity contribution in [1.29, 1.82) is 0 Å². The van der Waals surface area contributed by atoms with Gasteiger partial charge in [-0.3, -0.25) is 9.78 Å². The number of benzene rings is 1. The van der Waals surface area contributed by atoms with Crippen LogP contribution in [0.4, 0.5) is 0 Å². The molecular weight excluding hydrogens is 314 g/mol. The fourth-order valence-electron chi connectivity index (χ4n) is 3.65. The van der Waals surface area contributed by atoms with Crippen LogP contribution in [0.15, 0.2) is 53.3 Å². The molecular formula is C20H21N3O2. The van der Waals surface area contributed by atoms with Gasteiger partial charge in [-0.1, -0.05) is 30.1 Å². The Bertz CT molecular complexity index is 860. The van der Waals surface area contributed by atoms with E-state index in [2.05, 4.69) is 10.1 Å². The van der Waals surface area contributed by atoms with Crippen LogP contribution in [0, 0.1) is 0 Å². The summed E-state index contributed by atoms with van der Waals surface area (Å²) in [6, 6.07) is 11.8. The highest BCUT2D eigenvalue weighted by atomic mass is 16.5. The first-order chi connectivity index (χ1) is 12.3. The fraction of sp³-hybridized carbons (Fsp3) is 0.350. The van der Waals surface area contributed by atoms with E-state index in [1.807, 2.05) is 41.3 Å². The van der Waals surface area contributed by atoms with Gasteiger partial charge in [-0.05, 0) is 42.7 Å². The molecule has 0 saturated carbocycles. The highest BCUT2D eigenvalue weighted by Gasteiger charge is 2.27. The Morgan fingerprint density at radius 3 is 2.84 bits per heavy atom. The summed E-state index contributed by atoms with van der Waals surface area (Å²) in [7, 11) is 0. The molecule has 128 valence electrons. The lowest BCUT2D eigenvalue weighted by atomic mass is 10.0. The second-order valence-corrected chi connectivity index (χ2v) is 6.54. The summed E-state index contributed by atoms with van der Waals surface area (Å²) in [6.07, 6.45) is 8.23. The molecule has 3 heterocycles. The summed E-state index contributed by atoms with van der Waals surface area (Å²) >= 11 is 0. The number of nitrogens with zero attached hydrogens (tertiary/aromatic N) is 3. The molecule has 5 nitrogen and oxygen atoms in total. The average molecular weight is 335 g/mol. The zero-order valence-corrected chi connectivity index (χ0v) is 14.1. The molecule has 5 heteroatoms. The second kappa shape index (κ2) is 7.05. The first kappa shape index (κ1) is 15.8. The Morgan fingerprint density at radius 1 is 1.12 bits per heavy atom. The van der Waals surface area contributed by atoms with Crippen molar-refractivity contribution in [2.75, 3.05) is 6.54 Å². The van der Waals surface area contributed by atoms with Crippen molar-refractivity contribution in [3.63, 3.8) is 0 Å². The van der Waals surface area contributed by atoms with Gasteiger partial charge in [0.2, 0.25) is 5.91 Å². The predicted molar refractivity (Wildman–Crippen MR) is 94.9 cm³/mol. The molecule has 0 radical (unpaired) electrons. The number of aromatic nitrogens is 2. The van der Waals surface area contributed by atoms with Gasteiger partial charge >= 0.3 is 0 Å². The van der Waals surface area contributed by atoms with Crippen LogP contribution >= 0.6 is 0 Å². The lowest BCUT2D eigenvalue weighted by Crippen LogP contribution is -2.36. The molecule has 1 atom stereocenters. The van der Waals surface area contributed by atoms with E-state index in [1.165, 1.54) is 0 Å². The predicted octanol–water partition coefficient (Wildman–Crippen LogP) is 3.91. The normalized spacial score (nSPS) is 18.2. The van der Waals surface area contributed by atoms with Crippen molar-refractivity contribution in [3.8, 4) is 0 Å². The fourth-order valence-corrected chi connectivity index (χ4v) is 3.65. The maximum Gasteiger partial charge on any atom is 0.229 e. The number of rotatable bonds is 3. The molecule has 0 N–H and O–H groups in total. The van der Waals surface area contributed by atoms with E-state index in [0.717, 1.165) is 54.5 Å². The van der Waals surface area contributed by atoms with Gasteiger partial charge in [-0.2, -0.15) is 0 Å². The van der Waals surface area contributed by atoms with Crippen LogP contribution in [0.2, 0.25) is 0 Å². The van der Waals surface area contributed by atoms with Crippen molar-refractivity contribution < 1.29 is 9.32 Å². The Labute approximate surface area is 146 Å². The van der Waals surface area contributed by atoms with Crippen molar-refractivity contribution in [3.05, 3.63) is 60.0 Å². The molecule has 0 bridgehead atoms. The number of hydrogen-bond donors (Lipinski definition) is 0. The smallest absolute Gasteiger partial charge is 0.229 e. The van der Waals surface area contributed by atoms with Gasteiger partial charge in [0.05, 0.1) is 12.5 Å². The highest BCUT2D eigenvalue weighted by molar-refractivity contribution is 5.86. The van der Waals surface area contributed by atoms with Gasteiger partial charge in [0.15, 0.2) is 5.58 Å². The molecule has 1 aliphatic heterocycles. The minimum absolute atomic E-state index is 0.114. The van der Waals surface area contributed by atoms with Crippen LogP contribution in [0.1, 0.15) is 43.0 Å². The van der Waals surface area contributed by atoms with E-state index in [0.29, 0.717) is 0 Å². The van der Waals surface area contributed by atoms with Gasteiger partial charge in [0.1, 0.15) is 5.69 Å². The molecule has 1 aromatic carbocycles. The lowest BCUT2D eigenvalue weighted by Gasteiger charge is -2.30. The quantitative estimate of drug-likeness (QED) is 0.728. The molecule has 25 heavy (non-hydrogen) atoms. The number of para-hydroxylation sites is 1. The van der Waals surface area contributed by atoms with Gasteiger partial charge in [0, 0.05) is 24.3 Å². The largest absolute Gasteiger partial charge is 0.356 e. The van der Waals surface area contributed by atoms with Crippen LogP contribution in [-0.4, -0.2) is 27.5 Å². The molecule has 0 spiro atoms. The Hall–Kier alpha value is -2.69. The van der Waals surface area contributed by atoms with E-state index in [-0.39, 0.29) is 18.4 Å². The molecule has 2 aromatic heterocycles. The Kier molecular flexibility index (Phi) is 4.46. The minimum atomic E-state index is 0.114. The van der Waals surface area contributed by atoms with E-state index in [9.17, 15) is 4.79 Å². The van der Waals surface area contributed by atoms with Gasteiger partial charge in [0.25, 0.3) is 0 Å². The number of carbonyl (C=O) groups is 1. The van der Waals surface area contributed by atoms with E-state index in [1.54, 1.807) is 12.4 Å². The van der Waals surface area contributed by atoms with E-state index in [4.69, 9.17) is 4.52 Å². The zero-order valence-electron chi connectivity index (χ0n) is 14.1. The summed E-state index contributed by atoms with van der Waals surface area (Å²) in [5.41, 5.74) is 2.61. The molecule has 1 amide bonds. The van der Waals surface area contributed by atoms with Gasteiger partial charge < -0.3 is 9.42 Å². The number of fused-ring (bicyclic) bond motifs is 1. The third-order valence-electron chi connectivity index (χ3n) is 4.93. The van der Waals surface area contributed by atoms with Crippen molar-refractivity contribution in [2.45, 2.75) is 38.1 Å². The standard InChI is InChI=1S/C20H21N3O2/c24-20(14-17-16-6-3-4-8-19(16)25-22-17)23-13-5-1-2-7-18(23)15-9-11-21-12-10-15/h3-4,6,8-12,18H,1-2,5,7,13-14H2/t18-/m0/s1. The number of likely N-dealkylation sites (tertiary alicyclic amines) is 1. The topological polar surface area (TPSA) is 59.2 Å². The van der Waals surface area contributed by atoms with Crippen molar-refractivity contribution in [1.82, 2.24) is 15.0 Å². The highest BCUT2D eigenvalue weighted by Crippen LogP contribution is 2.30.